The third-order valence-corrected chi connectivity index (χ3v) is 4.01. The van der Waals surface area contributed by atoms with Crippen molar-refractivity contribution in [3.63, 3.8) is 0 Å². The third-order valence-electron chi connectivity index (χ3n) is 4.01. The van der Waals surface area contributed by atoms with Crippen molar-refractivity contribution >= 4 is 5.91 Å². The van der Waals surface area contributed by atoms with Crippen molar-refractivity contribution in [2.24, 2.45) is 0 Å². The third kappa shape index (κ3) is 9.46. The highest BCUT2D eigenvalue weighted by molar-refractivity contribution is 5.87. The molecular formula is C18H31NO2. The minimum absolute atomic E-state index is 0.0241. The van der Waals surface area contributed by atoms with Gasteiger partial charge >= 0.3 is 0 Å². The highest BCUT2D eigenvalue weighted by Gasteiger charge is 2.19. The van der Waals surface area contributed by atoms with Gasteiger partial charge in [0.05, 0.1) is 6.10 Å². The lowest BCUT2D eigenvalue weighted by molar-refractivity contribution is -0.117. The highest BCUT2D eigenvalue weighted by Crippen LogP contribution is 2.18. The van der Waals surface area contributed by atoms with Gasteiger partial charge in [-0.25, -0.2) is 0 Å². The van der Waals surface area contributed by atoms with E-state index in [0.29, 0.717) is 0 Å². The normalized spacial score (nSPS) is 23.0. The van der Waals surface area contributed by atoms with Gasteiger partial charge < -0.3 is 10.4 Å². The maximum atomic E-state index is 11.7. The number of allylic oxidation sites excluding steroid dienone is 3. The standard InChI is InChI=1S/C18H31NO2/c1-2-3-4-5-6-7-8-9-10-11-18(21)19-16-12-14-17(20)15-13-16/h8-11,16-17,20H,2-7,12-15H2,1H3,(H,19,21)/b9-8+,11-10+. The van der Waals surface area contributed by atoms with Gasteiger partial charge in [0, 0.05) is 12.1 Å². The Morgan fingerprint density at radius 3 is 2.52 bits per heavy atom. The second kappa shape index (κ2) is 11.6. The Hall–Kier alpha value is -1.09. The summed E-state index contributed by atoms with van der Waals surface area (Å²) in [5, 5.41) is 12.4. The predicted molar refractivity (Wildman–Crippen MR) is 88.1 cm³/mol. The van der Waals surface area contributed by atoms with Crippen molar-refractivity contribution in [3.8, 4) is 0 Å². The fraction of sp³-hybridized carbons (Fsp3) is 0.722. The van der Waals surface area contributed by atoms with Gasteiger partial charge in [0.25, 0.3) is 0 Å². The summed E-state index contributed by atoms with van der Waals surface area (Å²) in [6, 6.07) is 0.230. The summed E-state index contributed by atoms with van der Waals surface area (Å²) >= 11 is 0. The number of hydrogen-bond acceptors (Lipinski definition) is 2. The van der Waals surface area contributed by atoms with Crippen LogP contribution in [0.25, 0.3) is 0 Å². The second-order valence-electron chi connectivity index (χ2n) is 6.00. The van der Waals surface area contributed by atoms with Crippen LogP contribution < -0.4 is 5.32 Å². The van der Waals surface area contributed by atoms with E-state index in [0.717, 1.165) is 32.1 Å². The van der Waals surface area contributed by atoms with Gasteiger partial charge in [-0.1, -0.05) is 50.8 Å². The fourth-order valence-corrected chi connectivity index (χ4v) is 2.65. The van der Waals surface area contributed by atoms with Crippen LogP contribution in [0.2, 0.25) is 0 Å². The summed E-state index contributed by atoms with van der Waals surface area (Å²) in [7, 11) is 0. The molecule has 0 atom stereocenters. The van der Waals surface area contributed by atoms with Gasteiger partial charge in [0.2, 0.25) is 5.91 Å². The van der Waals surface area contributed by atoms with E-state index in [2.05, 4.69) is 18.3 Å². The minimum Gasteiger partial charge on any atom is -0.393 e. The summed E-state index contributed by atoms with van der Waals surface area (Å²) in [5.41, 5.74) is 0. The van der Waals surface area contributed by atoms with Gasteiger partial charge in [-0.3, -0.25) is 4.79 Å². The number of carbonyl (C=O) groups excluding carboxylic acids is 1. The summed E-state index contributed by atoms with van der Waals surface area (Å²) in [6.45, 7) is 2.23. The van der Waals surface area contributed by atoms with Crippen LogP contribution in [0.15, 0.2) is 24.3 Å². The molecule has 1 amide bonds. The molecule has 0 heterocycles. The molecule has 0 bridgehead atoms. The summed E-state index contributed by atoms with van der Waals surface area (Å²) in [5.74, 6) is -0.0241. The number of amides is 1. The zero-order chi connectivity index (χ0) is 15.3. The van der Waals surface area contributed by atoms with Gasteiger partial charge in [-0.15, -0.1) is 0 Å². The van der Waals surface area contributed by atoms with E-state index < -0.39 is 0 Å². The van der Waals surface area contributed by atoms with Gasteiger partial charge in [-0.2, -0.15) is 0 Å². The Morgan fingerprint density at radius 2 is 1.81 bits per heavy atom. The Bertz CT molecular complexity index is 328. The monoisotopic (exact) mass is 293 g/mol. The zero-order valence-electron chi connectivity index (χ0n) is 13.4. The molecule has 3 heteroatoms. The van der Waals surface area contributed by atoms with Crippen molar-refractivity contribution in [2.75, 3.05) is 0 Å². The lowest BCUT2D eigenvalue weighted by Gasteiger charge is -2.25. The number of nitrogens with one attached hydrogen (secondary N) is 1. The Labute approximate surface area is 129 Å². The van der Waals surface area contributed by atoms with Crippen molar-refractivity contribution in [1.82, 2.24) is 5.32 Å². The largest absolute Gasteiger partial charge is 0.393 e. The molecule has 21 heavy (non-hydrogen) atoms. The van der Waals surface area contributed by atoms with E-state index in [1.54, 1.807) is 6.08 Å². The Morgan fingerprint density at radius 1 is 1.10 bits per heavy atom. The van der Waals surface area contributed by atoms with E-state index in [-0.39, 0.29) is 18.1 Å². The minimum atomic E-state index is -0.172. The van der Waals surface area contributed by atoms with Crippen molar-refractivity contribution in [2.45, 2.75) is 83.3 Å². The molecule has 1 aliphatic rings. The predicted octanol–water partition coefficient (Wildman–Crippen LogP) is 3.88. The first-order valence-electron chi connectivity index (χ1n) is 8.54. The van der Waals surface area contributed by atoms with Crippen LogP contribution in [0.4, 0.5) is 0 Å². The van der Waals surface area contributed by atoms with Crippen LogP contribution in [0.1, 0.15) is 71.1 Å². The topological polar surface area (TPSA) is 49.3 Å². The summed E-state index contributed by atoms with van der Waals surface area (Å²) < 4.78 is 0. The first-order valence-corrected chi connectivity index (χ1v) is 8.54. The smallest absolute Gasteiger partial charge is 0.244 e. The van der Waals surface area contributed by atoms with Crippen LogP contribution in [0.3, 0.4) is 0 Å². The first-order chi connectivity index (χ1) is 10.2. The fourth-order valence-electron chi connectivity index (χ4n) is 2.65. The van der Waals surface area contributed by atoms with Crippen LogP contribution in [-0.4, -0.2) is 23.2 Å². The maximum Gasteiger partial charge on any atom is 0.244 e. The van der Waals surface area contributed by atoms with Crippen molar-refractivity contribution < 1.29 is 9.90 Å². The maximum absolute atomic E-state index is 11.7. The SMILES string of the molecule is CCCCCCC/C=C/C=C/C(=O)NC1CCC(O)CC1. The van der Waals surface area contributed by atoms with E-state index in [9.17, 15) is 9.90 Å². The average molecular weight is 293 g/mol. The van der Waals surface area contributed by atoms with Gasteiger partial charge in [-0.05, 0) is 38.5 Å². The quantitative estimate of drug-likeness (QED) is 0.385. The zero-order valence-corrected chi connectivity index (χ0v) is 13.4. The summed E-state index contributed by atoms with van der Waals surface area (Å²) in [4.78, 5) is 11.7. The molecule has 120 valence electrons. The van der Waals surface area contributed by atoms with Crippen LogP contribution in [0.5, 0.6) is 0 Å². The molecule has 0 radical (unpaired) electrons. The van der Waals surface area contributed by atoms with Crippen molar-refractivity contribution in [1.29, 1.82) is 0 Å². The molecule has 0 aromatic rings. The lowest BCUT2D eigenvalue weighted by atomic mass is 9.93. The van der Waals surface area contributed by atoms with E-state index in [1.165, 1.54) is 32.1 Å². The molecule has 1 rings (SSSR count). The molecule has 1 saturated carbocycles. The lowest BCUT2D eigenvalue weighted by Crippen LogP contribution is -2.37. The van der Waals surface area contributed by atoms with E-state index >= 15 is 0 Å². The molecule has 0 aliphatic heterocycles. The molecule has 0 spiro atoms. The van der Waals surface area contributed by atoms with E-state index in [4.69, 9.17) is 0 Å². The second-order valence-corrected chi connectivity index (χ2v) is 6.00. The van der Waals surface area contributed by atoms with Crippen LogP contribution >= 0.6 is 0 Å². The first kappa shape index (κ1) is 18.0. The van der Waals surface area contributed by atoms with Gasteiger partial charge in [0.15, 0.2) is 0 Å². The molecule has 3 nitrogen and oxygen atoms in total. The van der Waals surface area contributed by atoms with Crippen LogP contribution in [0, 0.1) is 0 Å². The number of unbranched alkanes of at least 4 members (excludes halogenated alkanes) is 5. The highest BCUT2D eigenvalue weighted by atomic mass is 16.3. The van der Waals surface area contributed by atoms with Crippen molar-refractivity contribution in [3.05, 3.63) is 24.3 Å². The molecule has 0 unspecified atom stereocenters. The number of aliphatic hydroxyl groups is 1. The summed E-state index contributed by atoms with van der Waals surface area (Å²) in [6.07, 6.45) is 18.3. The molecule has 0 aromatic carbocycles. The number of carbonyl (C=O) groups is 1. The van der Waals surface area contributed by atoms with Crippen LogP contribution in [-0.2, 0) is 4.79 Å². The average Bonchev–Trinajstić information content (AvgIpc) is 2.48. The number of rotatable bonds is 9. The Kier molecular flexibility index (Phi) is 9.88. The molecule has 2 N–H and O–H groups in total. The van der Waals surface area contributed by atoms with E-state index in [1.807, 2.05) is 12.2 Å². The molecule has 0 aromatic heterocycles. The number of hydrogen-bond donors (Lipinski definition) is 2. The molecular weight excluding hydrogens is 262 g/mol. The molecule has 1 fully saturated rings. The Balaban J connectivity index is 2.05. The molecule has 1 aliphatic carbocycles. The number of aliphatic hydroxyl groups excluding tert-OH is 1. The molecule has 0 saturated heterocycles. The van der Waals surface area contributed by atoms with Gasteiger partial charge in [0.1, 0.15) is 0 Å².